The number of aromatic nitrogens is 2. The highest BCUT2D eigenvalue weighted by molar-refractivity contribution is 14.1. The van der Waals surface area contributed by atoms with Gasteiger partial charge in [0.05, 0.1) is 11.0 Å². The number of benzene rings is 1. The molecule has 1 aliphatic heterocycles. The van der Waals surface area contributed by atoms with Gasteiger partial charge in [-0.05, 0) is 79.7 Å². The molecule has 1 aromatic carbocycles. The summed E-state index contributed by atoms with van der Waals surface area (Å²) in [6, 6.07) is 6.54. The van der Waals surface area contributed by atoms with Crippen molar-refractivity contribution in [2.75, 3.05) is 26.0 Å². The molecule has 5 heteroatoms. The first-order chi connectivity index (χ1) is 10.2. The third-order valence-corrected chi connectivity index (χ3v) is 5.25. The predicted molar refractivity (Wildman–Crippen MR) is 97.1 cm³/mol. The Morgan fingerprint density at radius 3 is 2.81 bits per heavy atom. The molecular formula is C16H21ClIN3. The van der Waals surface area contributed by atoms with Crippen LogP contribution in [-0.2, 0) is 13.0 Å². The summed E-state index contributed by atoms with van der Waals surface area (Å²) in [5.74, 6) is 2.53. The number of alkyl halides is 1. The second kappa shape index (κ2) is 6.84. The van der Waals surface area contributed by atoms with E-state index in [1.165, 1.54) is 35.0 Å². The van der Waals surface area contributed by atoms with E-state index in [9.17, 15) is 0 Å². The normalized spacial score (nSPS) is 17.7. The molecule has 0 unspecified atom stereocenters. The van der Waals surface area contributed by atoms with Crippen LogP contribution in [0.2, 0.25) is 0 Å². The van der Waals surface area contributed by atoms with E-state index in [-0.39, 0.29) is 0 Å². The second-order valence-electron chi connectivity index (χ2n) is 5.96. The molecule has 0 bridgehead atoms. The van der Waals surface area contributed by atoms with Crippen LogP contribution in [0.4, 0.5) is 0 Å². The average molecular weight is 418 g/mol. The maximum atomic E-state index is 5.97. The number of imidazole rings is 1. The van der Waals surface area contributed by atoms with Gasteiger partial charge in [-0.25, -0.2) is 4.98 Å². The van der Waals surface area contributed by atoms with Crippen molar-refractivity contribution in [2.45, 2.75) is 25.8 Å². The number of aryl methyl sites for hydroxylation is 1. The second-order valence-corrected chi connectivity index (χ2v) is 7.58. The zero-order chi connectivity index (χ0) is 14.8. The molecule has 0 aliphatic carbocycles. The number of hydrogen-bond acceptors (Lipinski definition) is 2. The lowest BCUT2D eigenvalue weighted by atomic mass is 9.97. The van der Waals surface area contributed by atoms with E-state index < -0.39 is 0 Å². The van der Waals surface area contributed by atoms with Gasteiger partial charge in [-0.15, -0.1) is 11.6 Å². The van der Waals surface area contributed by atoms with E-state index in [0.717, 1.165) is 30.2 Å². The minimum atomic E-state index is 0.633. The first-order valence-corrected chi connectivity index (χ1v) is 9.18. The smallest absolute Gasteiger partial charge is 0.111 e. The largest absolute Gasteiger partial charge is 0.328 e. The molecular weight excluding hydrogens is 397 g/mol. The molecule has 0 atom stereocenters. The molecule has 21 heavy (non-hydrogen) atoms. The van der Waals surface area contributed by atoms with Crippen LogP contribution in [0.1, 0.15) is 18.7 Å². The van der Waals surface area contributed by atoms with Crippen molar-refractivity contribution in [2.24, 2.45) is 5.92 Å². The standard InChI is InChI=1S/C16H21ClIN3/c1-20-8-5-12(6-9-20)11-21-15-3-2-13(18)10-14(15)19-16(21)4-7-17/h2-3,10,12H,4-9,11H2,1H3. The fourth-order valence-electron chi connectivity index (χ4n) is 3.13. The summed E-state index contributed by atoms with van der Waals surface area (Å²) in [5.41, 5.74) is 2.37. The molecule has 3 nitrogen and oxygen atoms in total. The third-order valence-electron chi connectivity index (χ3n) is 4.39. The number of fused-ring (bicyclic) bond motifs is 1. The van der Waals surface area contributed by atoms with E-state index >= 15 is 0 Å². The summed E-state index contributed by atoms with van der Waals surface area (Å²) >= 11 is 8.31. The Hall–Kier alpha value is -0.330. The molecule has 0 spiro atoms. The minimum Gasteiger partial charge on any atom is -0.328 e. The number of nitrogens with zero attached hydrogens (tertiary/aromatic N) is 3. The molecule has 0 N–H and O–H groups in total. The topological polar surface area (TPSA) is 21.1 Å². The lowest BCUT2D eigenvalue weighted by Gasteiger charge is -2.29. The van der Waals surface area contributed by atoms with Crippen molar-refractivity contribution in [3.05, 3.63) is 27.6 Å². The fourth-order valence-corrected chi connectivity index (χ4v) is 3.78. The lowest BCUT2D eigenvalue weighted by Crippen LogP contribution is -2.32. The van der Waals surface area contributed by atoms with Crippen LogP contribution in [-0.4, -0.2) is 40.5 Å². The highest BCUT2D eigenvalue weighted by atomic mass is 127. The molecule has 114 valence electrons. The predicted octanol–water partition coefficient (Wildman–Crippen LogP) is 3.76. The van der Waals surface area contributed by atoms with Crippen LogP contribution in [0.25, 0.3) is 11.0 Å². The van der Waals surface area contributed by atoms with Crippen molar-refractivity contribution in [1.29, 1.82) is 0 Å². The van der Waals surface area contributed by atoms with Gasteiger partial charge in [0.1, 0.15) is 5.82 Å². The molecule has 0 amide bonds. The van der Waals surface area contributed by atoms with Crippen molar-refractivity contribution >= 4 is 45.2 Å². The highest BCUT2D eigenvalue weighted by Gasteiger charge is 2.20. The Morgan fingerprint density at radius 1 is 1.33 bits per heavy atom. The van der Waals surface area contributed by atoms with Crippen LogP contribution in [0.5, 0.6) is 0 Å². The van der Waals surface area contributed by atoms with Gasteiger partial charge in [-0.3, -0.25) is 0 Å². The van der Waals surface area contributed by atoms with Crippen LogP contribution < -0.4 is 0 Å². The maximum absolute atomic E-state index is 5.97. The molecule has 1 saturated heterocycles. The molecule has 2 aromatic rings. The fraction of sp³-hybridized carbons (Fsp3) is 0.562. The van der Waals surface area contributed by atoms with E-state index in [2.05, 4.69) is 57.3 Å². The van der Waals surface area contributed by atoms with Gasteiger partial charge in [0.2, 0.25) is 0 Å². The molecule has 1 fully saturated rings. The van der Waals surface area contributed by atoms with Crippen LogP contribution in [0, 0.1) is 9.49 Å². The van der Waals surface area contributed by atoms with Crippen molar-refractivity contribution in [3.8, 4) is 0 Å². The first-order valence-electron chi connectivity index (χ1n) is 7.56. The van der Waals surface area contributed by atoms with Crippen LogP contribution in [0.15, 0.2) is 18.2 Å². The van der Waals surface area contributed by atoms with Gasteiger partial charge in [-0.1, -0.05) is 0 Å². The summed E-state index contributed by atoms with van der Waals surface area (Å²) in [4.78, 5) is 7.23. The number of halogens is 2. The Bertz CT molecular complexity index is 617. The van der Waals surface area contributed by atoms with Gasteiger partial charge < -0.3 is 9.47 Å². The Labute approximate surface area is 144 Å². The molecule has 0 radical (unpaired) electrons. The summed E-state index contributed by atoms with van der Waals surface area (Å²) in [5, 5.41) is 0. The molecule has 1 aliphatic rings. The zero-order valence-corrected chi connectivity index (χ0v) is 15.3. The van der Waals surface area contributed by atoms with Gasteiger partial charge >= 0.3 is 0 Å². The molecule has 3 rings (SSSR count). The third kappa shape index (κ3) is 3.54. The van der Waals surface area contributed by atoms with E-state index in [1.54, 1.807) is 0 Å². The van der Waals surface area contributed by atoms with Crippen LogP contribution >= 0.6 is 34.2 Å². The summed E-state index contributed by atoms with van der Waals surface area (Å²) in [7, 11) is 2.21. The van der Waals surface area contributed by atoms with Crippen LogP contribution in [0.3, 0.4) is 0 Å². The highest BCUT2D eigenvalue weighted by Crippen LogP contribution is 2.24. The van der Waals surface area contributed by atoms with Gasteiger partial charge in [0.25, 0.3) is 0 Å². The molecule has 2 heterocycles. The van der Waals surface area contributed by atoms with E-state index in [0.29, 0.717) is 5.88 Å². The van der Waals surface area contributed by atoms with Gasteiger partial charge in [-0.2, -0.15) is 0 Å². The molecule has 1 aromatic heterocycles. The number of likely N-dealkylation sites (tertiary alicyclic amines) is 1. The monoisotopic (exact) mass is 417 g/mol. The zero-order valence-electron chi connectivity index (χ0n) is 12.4. The Morgan fingerprint density at radius 2 is 2.10 bits per heavy atom. The SMILES string of the molecule is CN1CCC(Cn2c(CCCl)nc3cc(I)ccc32)CC1. The first kappa shape index (κ1) is 15.6. The quantitative estimate of drug-likeness (QED) is 0.558. The number of piperidine rings is 1. The molecule has 0 saturated carbocycles. The maximum Gasteiger partial charge on any atom is 0.111 e. The summed E-state index contributed by atoms with van der Waals surface area (Å²) in [6.45, 7) is 3.50. The van der Waals surface area contributed by atoms with E-state index in [1.807, 2.05) is 0 Å². The summed E-state index contributed by atoms with van der Waals surface area (Å²) < 4.78 is 3.64. The number of rotatable bonds is 4. The van der Waals surface area contributed by atoms with Gasteiger partial charge in [0, 0.05) is 22.4 Å². The van der Waals surface area contributed by atoms with Crippen molar-refractivity contribution < 1.29 is 0 Å². The van der Waals surface area contributed by atoms with Crippen molar-refractivity contribution in [1.82, 2.24) is 14.5 Å². The lowest BCUT2D eigenvalue weighted by molar-refractivity contribution is 0.205. The Kier molecular flexibility index (Phi) is 5.07. The van der Waals surface area contributed by atoms with E-state index in [4.69, 9.17) is 16.6 Å². The van der Waals surface area contributed by atoms with Crippen molar-refractivity contribution in [3.63, 3.8) is 0 Å². The summed E-state index contributed by atoms with van der Waals surface area (Å²) in [6.07, 6.45) is 3.40. The average Bonchev–Trinajstić information content (AvgIpc) is 2.79. The Balaban J connectivity index is 1.89. The minimum absolute atomic E-state index is 0.633. The number of hydrogen-bond donors (Lipinski definition) is 0. The van der Waals surface area contributed by atoms with Gasteiger partial charge in [0.15, 0.2) is 0 Å².